The van der Waals surface area contributed by atoms with Gasteiger partial charge in [-0.3, -0.25) is 0 Å². The van der Waals surface area contributed by atoms with E-state index >= 15 is 0 Å². The van der Waals surface area contributed by atoms with Gasteiger partial charge >= 0.3 is 0 Å². The number of aryl methyl sites for hydroxylation is 1. The Kier molecular flexibility index (Phi) is 5.94. The number of nitrogens with zero attached hydrogens (tertiary/aromatic N) is 4. The average Bonchev–Trinajstić information content (AvgIpc) is 3.13. The normalized spacial score (nSPS) is 11.5. The second-order valence-corrected chi connectivity index (χ2v) is 7.72. The van der Waals surface area contributed by atoms with Gasteiger partial charge in [-0.2, -0.15) is 4.68 Å². The summed E-state index contributed by atoms with van der Waals surface area (Å²) in [6.45, 7) is 9.45. The number of hydrogen-bond acceptors (Lipinski definition) is 6. The van der Waals surface area contributed by atoms with E-state index in [4.69, 9.17) is 9.47 Å². The second kappa shape index (κ2) is 8.39. The first-order valence-corrected chi connectivity index (χ1v) is 9.25. The summed E-state index contributed by atoms with van der Waals surface area (Å²) in [5, 5.41) is 15.4. The van der Waals surface area contributed by atoms with E-state index in [-0.39, 0.29) is 12.1 Å². The predicted molar refractivity (Wildman–Crippen MR) is 108 cm³/mol. The van der Waals surface area contributed by atoms with Gasteiger partial charge in [0, 0.05) is 12.1 Å². The number of tetrazole rings is 1. The van der Waals surface area contributed by atoms with Crippen molar-refractivity contribution in [2.75, 3.05) is 7.11 Å². The fraction of sp³-hybridized carbons (Fsp3) is 0.381. The van der Waals surface area contributed by atoms with E-state index in [2.05, 4.69) is 41.6 Å². The van der Waals surface area contributed by atoms with Crippen LogP contribution in [0.3, 0.4) is 0 Å². The van der Waals surface area contributed by atoms with E-state index in [1.807, 2.05) is 49.4 Å². The SMILES string of the molecule is COc1cc(CNC(C)(C)C)ccc1OCc1nnnn1-c1ccc(C)cc1. The van der Waals surface area contributed by atoms with Crippen LogP contribution in [0.25, 0.3) is 5.69 Å². The van der Waals surface area contributed by atoms with Gasteiger partial charge in [0.1, 0.15) is 0 Å². The first kappa shape index (κ1) is 19.8. The molecule has 1 heterocycles. The minimum atomic E-state index is 0.0511. The molecule has 0 unspecified atom stereocenters. The summed E-state index contributed by atoms with van der Waals surface area (Å²) in [4.78, 5) is 0. The van der Waals surface area contributed by atoms with Gasteiger partial charge in [0.25, 0.3) is 0 Å². The Morgan fingerprint density at radius 2 is 1.79 bits per heavy atom. The van der Waals surface area contributed by atoms with Crippen LogP contribution in [0.5, 0.6) is 11.5 Å². The molecule has 7 nitrogen and oxygen atoms in total. The molecule has 2 aromatic carbocycles. The van der Waals surface area contributed by atoms with Gasteiger partial charge in [-0.05, 0) is 68.0 Å². The zero-order valence-electron chi connectivity index (χ0n) is 17.1. The Balaban J connectivity index is 1.71. The average molecular weight is 381 g/mol. The Morgan fingerprint density at radius 3 is 2.46 bits per heavy atom. The van der Waals surface area contributed by atoms with Crippen LogP contribution in [0.15, 0.2) is 42.5 Å². The minimum absolute atomic E-state index is 0.0511. The molecule has 1 N–H and O–H groups in total. The van der Waals surface area contributed by atoms with Crippen molar-refractivity contribution in [3.05, 3.63) is 59.4 Å². The first-order chi connectivity index (χ1) is 13.4. The molecule has 0 bridgehead atoms. The Morgan fingerprint density at radius 1 is 1.04 bits per heavy atom. The molecule has 148 valence electrons. The number of nitrogens with one attached hydrogen (secondary N) is 1. The Labute approximate surface area is 165 Å². The third kappa shape index (κ3) is 5.07. The van der Waals surface area contributed by atoms with E-state index in [0.717, 1.165) is 17.8 Å². The van der Waals surface area contributed by atoms with Crippen molar-refractivity contribution in [1.82, 2.24) is 25.5 Å². The largest absolute Gasteiger partial charge is 0.493 e. The van der Waals surface area contributed by atoms with Gasteiger partial charge < -0.3 is 14.8 Å². The summed E-state index contributed by atoms with van der Waals surface area (Å²) in [6.07, 6.45) is 0. The van der Waals surface area contributed by atoms with Crippen LogP contribution in [-0.4, -0.2) is 32.9 Å². The molecule has 0 saturated carbocycles. The van der Waals surface area contributed by atoms with Crippen molar-refractivity contribution in [2.24, 2.45) is 0 Å². The predicted octanol–water partition coefficient (Wildman–Crippen LogP) is 3.45. The second-order valence-electron chi connectivity index (χ2n) is 7.72. The van der Waals surface area contributed by atoms with Gasteiger partial charge in [-0.1, -0.05) is 23.8 Å². The fourth-order valence-corrected chi connectivity index (χ4v) is 2.63. The van der Waals surface area contributed by atoms with Crippen molar-refractivity contribution >= 4 is 0 Å². The van der Waals surface area contributed by atoms with E-state index in [0.29, 0.717) is 17.3 Å². The van der Waals surface area contributed by atoms with Gasteiger partial charge in [-0.15, -0.1) is 5.10 Å². The smallest absolute Gasteiger partial charge is 0.194 e. The monoisotopic (exact) mass is 381 g/mol. The van der Waals surface area contributed by atoms with Crippen molar-refractivity contribution in [3.63, 3.8) is 0 Å². The lowest BCUT2D eigenvalue weighted by atomic mass is 10.1. The molecule has 0 radical (unpaired) electrons. The van der Waals surface area contributed by atoms with E-state index < -0.39 is 0 Å². The first-order valence-electron chi connectivity index (χ1n) is 9.25. The van der Waals surface area contributed by atoms with Crippen LogP contribution in [-0.2, 0) is 13.2 Å². The van der Waals surface area contributed by atoms with Gasteiger partial charge in [0.05, 0.1) is 12.8 Å². The summed E-state index contributed by atoms with van der Waals surface area (Å²) >= 11 is 0. The van der Waals surface area contributed by atoms with Crippen LogP contribution >= 0.6 is 0 Å². The third-order valence-corrected chi connectivity index (χ3v) is 4.22. The minimum Gasteiger partial charge on any atom is -0.493 e. The van der Waals surface area contributed by atoms with Crippen molar-refractivity contribution in [1.29, 1.82) is 0 Å². The number of rotatable bonds is 7. The van der Waals surface area contributed by atoms with E-state index in [1.54, 1.807) is 11.8 Å². The molecule has 3 aromatic rings. The molecule has 0 fully saturated rings. The lowest BCUT2D eigenvalue weighted by Crippen LogP contribution is -2.35. The highest BCUT2D eigenvalue weighted by atomic mass is 16.5. The molecule has 0 atom stereocenters. The van der Waals surface area contributed by atoms with Gasteiger partial charge in [0.15, 0.2) is 23.9 Å². The molecule has 3 rings (SSSR count). The summed E-state index contributed by atoms with van der Waals surface area (Å²) in [6, 6.07) is 13.9. The molecule has 0 saturated heterocycles. The highest BCUT2D eigenvalue weighted by Crippen LogP contribution is 2.29. The Bertz CT molecular complexity index is 913. The molecule has 7 heteroatoms. The van der Waals surface area contributed by atoms with Crippen LogP contribution in [0, 0.1) is 6.92 Å². The highest BCUT2D eigenvalue weighted by molar-refractivity contribution is 5.43. The summed E-state index contributed by atoms with van der Waals surface area (Å²) in [7, 11) is 1.64. The molecule has 0 aliphatic rings. The maximum absolute atomic E-state index is 5.95. The fourth-order valence-electron chi connectivity index (χ4n) is 2.63. The maximum Gasteiger partial charge on any atom is 0.194 e. The Hall–Kier alpha value is -2.93. The molecule has 0 aliphatic heterocycles. The topological polar surface area (TPSA) is 74.1 Å². The van der Waals surface area contributed by atoms with Crippen LogP contribution in [0.2, 0.25) is 0 Å². The zero-order valence-corrected chi connectivity index (χ0v) is 17.1. The summed E-state index contributed by atoms with van der Waals surface area (Å²) < 4.78 is 13.1. The van der Waals surface area contributed by atoms with E-state index in [1.165, 1.54) is 5.56 Å². The highest BCUT2D eigenvalue weighted by Gasteiger charge is 2.13. The quantitative estimate of drug-likeness (QED) is 0.676. The van der Waals surface area contributed by atoms with Crippen LogP contribution < -0.4 is 14.8 Å². The van der Waals surface area contributed by atoms with Crippen molar-refractivity contribution in [2.45, 2.75) is 46.4 Å². The number of ether oxygens (including phenoxy) is 2. The zero-order chi connectivity index (χ0) is 20.1. The maximum atomic E-state index is 5.95. The molecule has 1 aromatic heterocycles. The number of methoxy groups -OCH3 is 1. The lowest BCUT2D eigenvalue weighted by molar-refractivity contribution is 0.273. The van der Waals surface area contributed by atoms with Crippen LogP contribution in [0.1, 0.15) is 37.7 Å². The van der Waals surface area contributed by atoms with Crippen molar-refractivity contribution < 1.29 is 9.47 Å². The number of aromatic nitrogens is 4. The molecular weight excluding hydrogens is 354 g/mol. The van der Waals surface area contributed by atoms with E-state index in [9.17, 15) is 0 Å². The van der Waals surface area contributed by atoms with Gasteiger partial charge in [-0.25, -0.2) is 0 Å². The van der Waals surface area contributed by atoms with Gasteiger partial charge in [0.2, 0.25) is 0 Å². The lowest BCUT2D eigenvalue weighted by Gasteiger charge is -2.21. The molecule has 28 heavy (non-hydrogen) atoms. The molecule has 0 amide bonds. The third-order valence-electron chi connectivity index (χ3n) is 4.22. The summed E-state index contributed by atoms with van der Waals surface area (Å²) in [5.41, 5.74) is 3.25. The standard InChI is InChI=1S/C21H27N5O2/c1-15-6-9-17(10-7-15)26-20(23-24-25-26)14-28-18-11-8-16(12-19(18)27-5)13-22-21(2,3)4/h6-12,22H,13-14H2,1-5H3. The van der Waals surface area contributed by atoms with Crippen molar-refractivity contribution in [3.8, 4) is 17.2 Å². The molecule has 0 spiro atoms. The summed E-state index contributed by atoms with van der Waals surface area (Å²) in [5.74, 6) is 1.95. The number of hydrogen-bond donors (Lipinski definition) is 1. The molecular formula is C21H27N5O2. The van der Waals surface area contributed by atoms with Crippen LogP contribution in [0.4, 0.5) is 0 Å². The number of benzene rings is 2. The molecule has 0 aliphatic carbocycles.